The van der Waals surface area contributed by atoms with Crippen LogP contribution in [0, 0.1) is 11.8 Å². The fourth-order valence-electron chi connectivity index (χ4n) is 1.58. The van der Waals surface area contributed by atoms with E-state index in [1.54, 1.807) is 0 Å². The third-order valence-corrected chi connectivity index (χ3v) is 2.78. The van der Waals surface area contributed by atoms with Crippen LogP contribution in [-0.2, 0) is 4.79 Å². The molecule has 0 radical (unpaired) electrons. The van der Waals surface area contributed by atoms with Crippen LogP contribution < -0.4 is 5.32 Å². The average Bonchev–Trinajstić information content (AvgIpc) is 2.68. The van der Waals surface area contributed by atoms with E-state index in [1.165, 1.54) is 0 Å². The number of hydrogen-bond acceptors (Lipinski definition) is 2. The lowest BCUT2D eigenvalue weighted by atomic mass is 10.3. The first-order valence-corrected chi connectivity index (χ1v) is 6.38. The van der Waals surface area contributed by atoms with Crippen LogP contribution in [0.4, 0.5) is 0 Å². The average molecular weight is 243 g/mol. The van der Waals surface area contributed by atoms with Crippen LogP contribution in [-0.4, -0.2) is 42.9 Å². The maximum absolute atomic E-state index is 11.2. The Labute approximate surface area is 103 Å². The van der Waals surface area contributed by atoms with Gasteiger partial charge in [0.05, 0.1) is 13.1 Å². The molecule has 0 atom stereocenters. The fraction of sp³-hybridized carbons (Fsp3) is 0.750. The van der Waals surface area contributed by atoms with E-state index in [0.29, 0.717) is 19.5 Å². The summed E-state index contributed by atoms with van der Waals surface area (Å²) < 4.78 is 0. The van der Waals surface area contributed by atoms with E-state index >= 15 is 0 Å². The van der Waals surface area contributed by atoms with E-state index in [1.807, 2.05) is 4.90 Å². The van der Waals surface area contributed by atoms with Crippen LogP contribution in [0.2, 0.25) is 0 Å². The highest BCUT2D eigenvalue weighted by Gasteiger charge is 2.18. The van der Waals surface area contributed by atoms with Gasteiger partial charge in [0.15, 0.2) is 0 Å². The van der Waals surface area contributed by atoms with Crippen molar-refractivity contribution in [2.45, 2.75) is 25.7 Å². The van der Waals surface area contributed by atoms with Crippen molar-refractivity contribution in [2.24, 2.45) is 0 Å². The molecule has 1 amide bonds. The Morgan fingerprint density at radius 3 is 2.94 bits per heavy atom. The summed E-state index contributed by atoms with van der Waals surface area (Å²) >= 11 is 5.56. The van der Waals surface area contributed by atoms with Crippen LogP contribution in [0.1, 0.15) is 25.7 Å². The summed E-state index contributed by atoms with van der Waals surface area (Å²) in [5.74, 6) is 7.00. The molecule has 1 saturated heterocycles. The lowest BCUT2D eigenvalue weighted by Crippen LogP contribution is -2.25. The summed E-state index contributed by atoms with van der Waals surface area (Å²) in [4.78, 5) is 13.1. The number of hydrogen-bond donors (Lipinski definition) is 1. The Hall–Kier alpha value is -0.720. The van der Waals surface area contributed by atoms with Gasteiger partial charge in [-0.15, -0.1) is 11.6 Å². The number of alkyl halides is 1. The molecule has 1 aliphatic heterocycles. The van der Waals surface area contributed by atoms with Crippen LogP contribution in [0.25, 0.3) is 0 Å². The highest BCUT2D eigenvalue weighted by atomic mass is 35.5. The lowest BCUT2D eigenvalue weighted by Gasteiger charge is -2.09. The number of nitrogens with one attached hydrogen (secondary N) is 1. The first-order valence-electron chi connectivity index (χ1n) is 5.85. The van der Waals surface area contributed by atoms with Gasteiger partial charge in [0, 0.05) is 18.8 Å². The minimum atomic E-state index is 0.240. The summed E-state index contributed by atoms with van der Waals surface area (Å²) in [6.45, 7) is 3.12. The molecule has 0 aromatic heterocycles. The minimum absolute atomic E-state index is 0.240. The van der Waals surface area contributed by atoms with Gasteiger partial charge in [-0.2, -0.15) is 0 Å². The molecular formula is C12H19ClN2O. The van der Waals surface area contributed by atoms with E-state index in [2.05, 4.69) is 17.2 Å². The molecule has 1 heterocycles. The topological polar surface area (TPSA) is 32.3 Å². The zero-order chi connectivity index (χ0) is 11.6. The number of carbonyl (C=O) groups excluding carboxylic acids is 1. The van der Waals surface area contributed by atoms with Gasteiger partial charge >= 0.3 is 0 Å². The van der Waals surface area contributed by atoms with Gasteiger partial charge < -0.3 is 10.2 Å². The third-order valence-electron chi connectivity index (χ3n) is 2.52. The van der Waals surface area contributed by atoms with Crippen molar-refractivity contribution < 1.29 is 4.79 Å². The van der Waals surface area contributed by atoms with Crippen molar-refractivity contribution in [1.29, 1.82) is 0 Å². The maximum atomic E-state index is 11.2. The van der Waals surface area contributed by atoms with Gasteiger partial charge in [-0.3, -0.25) is 4.79 Å². The molecule has 1 aliphatic rings. The number of nitrogens with zero attached hydrogens (tertiary/aromatic N) is 1. The number of carbonyl (C=O) groups is 1. The second-order valence-corrected chi connectivity index (χ2v) is 4.22. The SMILES string of the molecule is O=C1CCCN1CC#CCNCCCCCl. The molecule has 0 aromatic carbocycles. The Balaban J connectivity index is 1.98. The minimum Gasteiger partial charge on any atom is -0.332 e. The quantitative estimate of drug-likeness (QED) is 0.432. The molecule has 3 nitrogen and oxygen atoms in total. The standard InChI is InChI=1S/C12H19ClN2O/c13-7-1-2-8-14-9-3-4-10-15-11-5-6-12(15)16/h14H,1-2,5-11H2. The summed E-state index contributed by atoms with van der Waals surface area (Å²) in [7, 11) is 0. The second kappa shape index (κ2) is 8.43. The van der Waals surface area contributed by atoms with Crippen LogP contribution in [0.3, 0.4) is 0 Å². The normalized spacial score (nSPS) is 15.1. The molecule has 1 N–H and O–H groups in total. The Morgan fingerprint density at radius 2 is 2.25 bits per heavy atom. The number of likely N-dealkylation sites (tertiary alicyclic amines) is 1. The monoisotopic (exact) mass is 242 g/mol. The van der Waals surface area contributed by atoms with Crippen molar-refractivity contribution in [1.82, 2.24) is 10.2 Å². The summed E-state index contributed by atoms with van der Waals surface area (Å²) in [5.41, 5.74) is 0. The molecular weight excluding hydrogens is 224 g/mol. The van der Waals surface area contributed by atoms with Crippen LogP contribution in [0.5, 0.6) is 0 Å². The van der Waals surface area contributed by atoms with E-state index in [4.69, 9.17) is 11.6 Å². The van der Waals surface area contributed by atoms with E-state index in [9.17, 15) is 4.79 Å². The van der Waals surface area contributed by atoms with E-state index in [-0.39, 0.29) is 5.91 Å². The third kappa shape index (κ3) is 5.39. The van der Waals surface area contributed by atoms with Gasteiger partial charge in [0.1, 0.15) is 0 Å². The highest BCUT2D eigenvalue weighted by molar-refractivity contribution is 6.17. The van der Waals surface area contributed by atoms with Gasteiger partial charge in [-0.25, -0.2) is 0 Å². The van der Waals surface area contributed by atoms with Gasteiger partial charge in [-0.1, -0.05) is 11.8 Å². The molecule has 0 aliphatic carbocycles. The molecule has 0 saturated carbocycles. The summed E-state index contributed by atoms with van der Waals surface area (Å²) in [6.07, 6.45) is 3.82. The zero-order valence-corrected chi connectivity index (χ0v) is 10.4. The predicted molar refractivity (Wildman–Crippen MR) is 66.4 cm³/mol. The Bertz CT molecular complexity index is 270. The largest absolute Gasteiger partial charge is 0.332 e. The maximum Gasteiger partial charge on any atom is 0.223 e. The summed E-state index contributed by atoms with van der Waals surface area (Å²) in [5, 5.41) is 3.22. The van der Waals surface area contributed by atoms with Gasteiger partial charge in [0.25, 0.3) is 0 Å². The van der Waals surface area contributed by atoms with Crippen molar-refractivity contribution in [3.05, 3.63) is 0 Å². The van der Waals surface area contributed by atoms with Crippen molar-refractivity contribution in [3.63, 3.8) is 0 Å². The zero-order valence-electron chi connectivity index (χ0n) is 9.60. The van der Waals surface area contributed by atoms with Gasteiger partial charge in [0.2, 0.25) is 5.91 Å². The van der Waals surface area contributed by atoms with Crippen LogP contribution in [0.15, 0.2) is 0 Å². The molecule has 90 valence electrons. The second-order valence-electron chi connectivity index (χ2n) is 3.85. The molecule has 1 fully saturated rings. The molecule has 0 aromatic rings. The van der Waals surface area contributed by atoms with E-state index < -0.39 is 0 Å². The number of unbranched alkanes of at least 4 members (excludes halogenated alkanes) is 1. The Morgan fingerprint density at radius 1 is 1.38 bits per heavy atom. The number of amides is 1. The summed E-state index contributed by atoms with van der Waals surface area (Å²) in [6, 6.07) is 0. The molecule has 16 heavy (non-hydrogen) atoms. The lowest BCUT2D eigenvalue weighted by molar-refractivity contribution is -0.127. The van der Waals surface area contributed by atoms with Crippen molar-refractivity contribution in [2.75, 3.05) is 32.1 Å². The Kier molecular flexibility index (Phi) is 7.03. The number of rotatable bonds is 6. The first kappa shape index (κ1) is 13.3. The molecule has 4 heteroatoms. The number of halogens is 1. The predicted octanol–water partition coefficient (Wildman–Crippen LogP) is 1.22. The smallest absolute Gasteiger partial charge is 0.223 e. The fourth-order valence-corrected chi connectivity index (χ4v) is 1.77. The van der Waals surface area contributed by atoms with Gasteiger partial charge in [-0.05, 0) is 25.8 Å². The highest BCUT2D eigenvalue weighted by Crippen LogP contribution is 2.07. The van der Waals surface area contributed by atoms with Crippen molar-refractivity contribution in [3.8, 4) is 11.8 Å². The molecule has 0 bridgehead atoms. The molecule has 0 unspecified atom stereocenters. The molecule has 1 rings (SSSR count). The first-order chi connectivity index (χ1) is 7.84. The van der Waals surface area contributed by atoms with Crippen LogP contribution >= 0.6 is 11.6 Å². The van der Waals surface area contributed by atoms with Crippen molar-refractivity contribution >= 4 is 17.5 Å². The van der Waals surface area contributed by atoms with E-state index in [0.717, 1.165) is 38.2 Å². The molecule has 0 spiro atoms.